The van der Waals surface area contributed by atoms with Crippen LogP contribution in [0.2, 0.25) is 0 Å². The number of aryl methyl sites for hydroxylation is 1. The van der Waals surface area contributed by atoms with E-state index in [2.05, 4.69) is 4.98 Å². The number of fused-ring (bicyclic) bond motifs is 1. The van der Waals surface area contributed by atoms with Gasteiger partial charge in [-0.25, -0.2) is 0 Å². The lowest BCUT2D eigenvalue weighted by atomic mass is 10.0. The van der Waals surface area contributed by atoms with E-state index in [4.69, 9.17) is 0 Å². The molecule has 0 radical (unpaired) electrons. The van der Waals surface area contributed by atoms with Crippen molar-refractivity contribution >= 4 is 22.6 Å². The zero-order valence-electron chi connectivity index (χ0n) is 17.3. The summed E-state index contributed by atoms with van der Waals surface area (Å²) in [5.74, 6) is -0.0759. The van der Waals surface area contributed by atoms with Gasteiger partial charge in [0.2, 0.25) is 5.78 Å². The van der Waals surface area contributed by atoms with Crippen LogP contribution in [0.5, 0.6) is 0 Å². The van der Waals surface area contributed by atoms with E-state index in [1.54, 1.807) is 25.2 Å². The summed E-state index contributed by atoms with van der Waals surface area (Å²) in [5.41, 5.74) is 4.72. The molecule has 0 aliphatic heterocycles. The molecular weight excluding hydrogens is 374 g/mol. The van der Waals surface area contributed by atoms with E-state index < -0.39 is 0 Å². The summed E-state index contributed by atoms with van der Waals surface area (Å²) in [7, 11) is 3.47. The molecule has 4 rings (SSSR count). The molecule has 30 heavy (non-hydrogen) atoms. The fourth-order valence-electron chi connectivity index (χ4n) is 3.51. The van der Waals surface area contributed by atoms with Crippen molar-refractivity contribution in [3.8, 4) is 0 Å². The molecule has 0 aliphatic rings. The van der Waals surface area contributed by atoms with Crippen LogP contribution >= 0.6 is 0 Å². The Bertz CT molecular complexity index is 1240. The number of ketones is 1. The van der Waals surface area contributed by atoms with Gasteiger partial charge in [-0.1, -0.05) is 35.9 Å². The highest BCUT2D eigenvalue weighted by atomic mass is 16.2. The number of pyridine rings is 1. The van der Waals surface area contributed by atoms with Crippen LogP contribution in [0, 0.1) is 6.92 Å². The van der Waals surface area contributed by atoms with Crippen molar-refractivity contribution in [1.82, 2.24) is 14.5 Å². The molecule has 2 aromatic carbocycles. The van der Waals surface area contributed by atoms with Crippen LogP contribution in [0.25, 0.3) is 10.9 Å². The molecule has 2 aromatic heterocycles. The Hall–Kier alpha value is -3.73. The molecule has 1 amide bonds. The molecule has 0 atom stereocenters. The Kier molecular flexibility index (Phi) is 5.19. The summed E-state index contributed by atoms with van der Waals surface area (Å²) in [6.45, 7) is 2.49. The standard InChI is InChI=1S/C25H23N3O2/c1-17-9-11-19(12-10-17)24(29)23-8-5-13-28(23)16-18-14-21-20(25(30)27(2)3)6-4-7-22(21)26-15-18/h4-15H,16H2,1-3H3. The highest BCUT2D eigenvalue weighted by molar-refractivity contribution is 6.08. The largest absolute Gasteiger partial charge is 0.345 e. The lowest BCUT2D eigenvalue weighted by Crippen LogP contribution is -2.22. The third-order valence-electron chi connectivity index (χ3n) is 5.15. The molecule has 0 fully saturated rings. The van der Waals surface area contributed by atoms with Gasteiger partial charge in [-0.2, -0.15) is 0 Å². The summed E-state index contributed by atoms with van der Waals surface area (Å²) < 4.78 is 1.92. The second-order valence-electron chi connectivity index (χ2n) is 7.63. The van der Waals surface area contributed by atoms with E-state index in [-0.39, 0.29) is 11.7 Å². The summed E-state index contributed by atoms with van der Waals surface area (Å²) >= 11 is 0. The van der Waals surface area contributed by atoms with Gasteiger partial charge < -0.3 is 9.47 Å². The number of hydrogen-bond donors (Lipinski definition) is 0. The van der Waals surface area contributed by atoms with E-state index in [0.717, 1.165) is 22.0 Å². The molecule has 0 spiro atoms. The Labute approximate surface area is 175 Å². The molecule has 0 unspecified atom stereocenters. The Morgan fingerprint density at radius 3 is 2.50 bits per heavy atom. The zero-order chi connectivity index (χ0) is 21.3. The topological polar surface area (TPSA) is 55.2 Å². The van der Waals surface area contributed by atoms with Crippen LogP contribution in [-0.2, 0) is 6.54 Å². The summed E-state index contributed by atoms with van der Waals surface area (Å²) in [5, 5.41) is 0.812. The highest BCUT2D eigenvalue weighted by Gasteiger charge is 2.15. The normalized spacial score (nSPS) is 10.9. The molecule has 0 bridgehead atoms. The van der Waals surface area contributed by atoms with E-state index in [0.29, 0.717) is 23.4 Å². The monoisotopic (exact) mass is 397 g/mol. The van der Waals surface area contributed by atoms with Crippen LogP contribution < -0.4 is 0 Å². The third-order valence-corrected chi connectivity index (χ3v) is 5.15. The molecule has 150 valence electrons. The van der Waals surface area contributed by atoms with Gasteiger partial charge in [0.15, 0.2) is 0 Å². The molecule has 0 saturated heterocycles. The molecule has 0 N–H and O–H groups in total. The van der Waals surface area contributed by atoms with Gasteiger partial charge in [-0.05, 0) is 42.8 Å². The maximum atomic E-state index is 13.0. The third kappa shape index (κ3) is 3.74. The van der Waals surface area contributed by atoms with E-state index in [1.807, 2.05) is 78.4 Å². The van der Waals surface area contributed by atoms with E-state index >= 15 is 0 Å². The number of rotatable bonds is 5. The number of nitrogens with zero attached hydrogens (tertiary/aromatic N) is 3. The highest BCUT2D eigenvalue weighted by Crippen LogP contribution is 2.21. The lowest BCUT2D eigenvalue weighted by Gasteiger charge is -2.13. The van der Waals surface area contributed by atoms with Gasteiger partial charge in [0, 0.05) is 49.5 Å². The minimum Gasteiger partial charge on any atom is -0.345 e. The Morgan fingerprint density at radius 2 is 1.77 bits per heavy atom. The van der Waals surface area contributed by atoms with Crippen molar-refractivity contribution in [2.75, 3.05) is 14.1 Å². The lowest BCUT2D eigenvalue weighted by molar-refractivity contribution is 0.0829. The second kappa shape index (κ2) is 7.95. The van der Waals surface area contributed by atoms with E-state index in [1.165, 1.54) is 0 Å². The fourth-order valence-corrected chi connectivity index (χ4v) is 3.51. The summed E-state index contributed by atoms with van der Waals surface area (Å²) in [4.78, 5) is 31.6. The minimum absolute atomic E-state index is 0.0165. The molecule has 2 heterocycles. The second-order valence-corrected chi connectivity index (χ2v) is 7.63. The van der Waals surface area contributed by atoms with Crippen molar-refractivity contribution in [3.05, 3.63) is 101 Å². The van der Waals surface area contributed by atoms with Crippen molar-refractivity contribution < 1.29 is 9.59 Å². The maximum absolute atomic E-state index is 13.0. The van der Waals surface area contributed by atoms with Gasteiger partial charge in [-0.3, -0.25) is 14.6 Å². The molecule has 0 saturated carbocycles. The molecule has 5 heteroatoms. The van der Waals surface area contributed by atoms with Crippen molar-refractivity contribution in [1.29, 1.82) is 0 Å². The van der Waals surface area contributed by atoms with Gasteiger partial charge in [0.05, 0.1) is 11.2 Å². The number of carbonyl (C=O) groups excluding carboxylic acids is 2. The molecule has 0 aliphatic carbocycles. The van der Waals surface area contributed by atoms with E-state index in [9.17, 15) is 9.59 Å². The number of carbonyl (C=O) groups is 2. The predicted molar refractivity (Wildman–Crippen MR) is 118 cm³/mol. The first-order valence-corrected chi connectivity index (χ1v) is 9.80. The molecule has 4 aromatic rings. The quantitative estimate of drug-likeness (QED) is 0.471. The molecule has 5 nitrogen and oxygen atoms in total. The van der Waals surface area contributed by atoms with Gasteiger partial charge in [-0.15, -0.1) is 0 Å². The fraction of sp³-hybridized carbons (Fsp3) is 0.160. The predicted octanol–water partition coefficient (Wildman–Crippen LogP) is 4.33. The average Bonchev–Trinajstić information content (AvgIpc) is 3.20. The van der Waals surface area contributed by atoms with Crippen LogP contribution in [0.3, 0.4) is 0 Å². The van der Waals surface area contributed by atoms with Crippen LogP contribution in [0.1, 0.15) is 37.5 Å². The first kappa shape index (κ1) is 19.6. The Morgan fingerprint density at radius 1 is 1.00 bits per heavy atom. The number of amides is 1. The number of benzene rings is 2. The maximum Gasteiger partial charge on any atom is 0.254 e. The van der Waals surface area contributed by atoms with Gasteiger partial charge >= 0.3 is 0 Å². The number of aromatic nitrogens is 2. The van der Waals surface area contributed by atoms with Crippen LogP contribution in [-0.4, -0.2) is 40.2 Å². The number of hydrogen-bond acceptors (Lipinski definition) is 3. The van der Waals surface area contributed by atoms with Crippen LogP contribution in [0.15, 0.2) is 73.1 Å². The summed E-state index contributed by atoms with van der Waals surface area (Å²) in [6.07, 6.45) is 3.69. The smallest absolute Gasteiger partial charge is 0.254 e. The van der Waals surface area contributed by atoms with Gasteiger partial charge in [0.1, 0.15) is 0 Å². The van der Waals surface area contributed by atoms with Crippen molar-refractivity contribution in [2.24, 2.45) is 0 Å². The Balaban J connectivity index is 1.68. The SMILES string of the molecule is Cc1ccc(C(=O)c2cccn2Cc2cnc3cccc(C(=O)N(C)C)c3c2)cc1. The first-order chi connectivity index (χ1) is 14.4. The molecular formula is C25H23N3O2. The van der Waals surface area contributed by atoms with Gasteiger partial charge in [0.25, 0.3) is 5.91 Å². The van der Waals surface area contributed by atoms with Crippen molar-refractivity contribution in [2.45, 2.75) is 13.5 Å². The first-order valence-electron chi connectivity index (χ1n) is 9.80. The minimum atomic E-state index is -0.0595. The average molecular weight is 397 g/mol. The zero-order valence-corrected chi connectivity index (χ0v) is 17.3. The summed E-state index contributed by atoms with van der Waals surface area (Å²) in [6, 6.07) is 18.8. The van der Waals surface area contributed by atoms with Crippen LogP contribution in [0.4, 0.5) is 0 Å². The van der Waals surface area contributed by atoms with Crippen molar-refractivity contribution in [3.63, 3.8) is 0 Å².